The zero-order chi connectivity index (χ0) is 17.5. The van der Waals surface area contributed by atoms with Gasteiger partial charge in [0.05, 0.1) is 23.2 Å². The maximum atomic E-state index is 12.5. The molecule has 2 aliphatic heterocycles. The Morgan fingerprint density at radius 3 is 2.58 bits per heavy atom. The molecule has 1 aromatic heterocycles. The van der Waals surface area contributed by atoms with Gasteiger partial charge in [-0.25, -0.2) is 9.78 Å². The molecular formula is C15H23N5O3S. The van der Waals surface area contributed by atoms with Gasteiger partial charge in [-0.05, 0) is 33.6 Å². The van der Waals surface area contributed by atoms with Gasteiger partial charge in [0, 0.05) is 13.1 Å². The first-order chi connectivity index (χ1) is 11.3. The van der Waals surface area contributed by atoms with Crippen LogP contribution in [0.25, 0.3) is 0 Å². The predicted octanol–water partition coefficient (Wildman–Crippen LogP) is 1.83. The Labute approximate surface area is 144 Å². The first-order valence-corrected chi connectivity index (χ1v) is 8.80. The second-order valence-electron chi connectivity index (χ2n) is 7.17. The highest BCUT2D eigenvalue weighted by Crippen LogP contribution is 2.35. The Bertz CT molecular complexity index is 640. The van der Waals surface area contributed by atoms with E-state index < -0.39 is 5.60 Å². The molecule has 24 heavy (non-hydrogen) atoms. The van der Waals surface area contributed by atoms with Crippen LogP contribution in [0, 0.1) is 0 Å². The molecule has 0 aliphatic carbocycles. The lowest BCUT2D eigenvalue weighted by Gasteiger charge is -2.41. The third-order valence-electron chi connectivity index (χ3n) is 4.21. The molecule has 1 aromatic rings. The molecule has 3 N–H and O–H groups in total. The zero-order valence-electron chi connectivity index (χ0n) is 14.1. The van der Waals surface area contributed by atoms with Gasteiger partial charge in [-0.3, -0.25) is 4.90 Å². The van der Waals surface area contributed by atoms with E-state index in [9.17, 15) is 4.79 Å². The van der Waals surface area contributed by atoms with E-state index in [4.69, 9.17) is 15.7 Å². The van der Waals surface area contributed by atoms with Crippen molar-refractivity contribution >= 4 is 28.4 Å². The first-order valence-electron chi connectivity index (χ1n) is 7.98. The van der Waals surface area contributed by atoms with Crippen molar-refractivity contribution in [3.8, 4) is 0 Å². The molecule has 3 heterocycles. The molecule has 1 amide bonds. The largest absolute Gasteiger partial charge is 0.444 e. The molecule has 2 unspecified atom stereocenters. The van der Waals surface area contributed by atoms with Crippen LogP contribution in [0.1, 0.15) is 38.5 Å². The van der Waals surface area contributed by atoms with Crippen molar-refractivity contribution in [3.63, 3.8) is 0 Å². The highest BCUT2D eigenvalue weighted by Gasteiger charge is 2.44. The number of nitrogens with zero attached hydrogens (tertiary/aromatic N) is 4. The molecule has 8 nitrogen and oxygen atoms in total. The van der Waals surface area contributed by atoms with Crippen LogP contribution >= 0.6 is 11.3 Å². The van der Waals surface area contributed by atoms with Gasteiger partial charge >= 0.3 is 6.09 Å². The summed E-state index contributed by atoms with van der Waals surface area (Å²) in [5, 5.41) is 12.6. The number of hydrogen-bond acceptors (Lipinski definition) is 7. The van der Waals surface area contributed by atoms with E-state index >= 15 is 0 Å². The maximum absolute atomic E-state index is 12.5. The first kappa shape index (κ1) is 16.8. The number of fused-ring (bicyclic) bond motifs is 2. The summed E-state index contributed by atoms with van der Waals surface area (Å²) < 4.78 is 5.54. The molecule has 2 bridgehead atoms. The van der Waals surface area contributed by atoms with Crippen molar-refractivity contribution in [1.82, 2.24) is 9.88 Å². The van der Waals surface area contributed by atoms with Gasteiger partial charge in [-0.1, -0.05) is 16.5 Å². The lowest BCUT2D eigenvalue weighted by Crippen LogP contribution is -2.56. The van der Waals surface area contributed by atoms with E-state index in [1.807, 2.05) is 25.7 Å². The van der Waals surface area contributed by atoms with Gasteiger partial charge in [-0.2, -0.15) is 0 Å². The minimum Gasteiger partial charge on any atom is -0.444 e. The Morgan fingerprint density at radius 2 is 2.04 bits per heavy atom. The van der Waals surface area contributed by atoms with E-state index in [0.29, 0.717) is 4.88 Å². The number of carbonyl (C=O) groups is 1. The average molecular weight is 353 g/mol. The normalized spacial score (nSPS) is 24.4. The fraction of sp³-hybridized carbons (Fsp3) is 0.667. The summed E-state index contributed by atoms with van der Waals surface area (Å²) in [7, 11) is 0. The van der Waals surface area contributed by atoms with Crippen molar-refractivity contribution in [2.75, 3.05) is 18.0 Å². The van der Waals surface area contributed by atoms with E-state index in [2.05, 4.69) is 15.0 Å². The van der Waals surface area contributed by atoms with Crippen LogP contribution in [0.5, 0.6) is 0 Å². The standard InChI is InChI=1S/C15H23N5O3S/c1-15(2,3)23-14(21)20-9-4-5-10(20)8-19(7-9)13-17-6-11(24-13)12(16)18-22/h6,9-10,22H,4-5,7-8H2,1-3H3,(H2,16,18). The Kier molecular flexibility index (Phi) is 4.29. The number of nitrogens with two attached hydrogens (primary N) is 1. The number of anilines is 1. The van der Waals surface area contributed by atoms with Gasteiger partial charge in [0.25, 0.3) is 0 Å². The number of hydrogen-bond donors (Lipinski definition) is 2. The molecule has 0 saturated carbocycles. The van der Waals surface area contributed by atoms with Crippen LogP contribution < -0.4 is 10.6 Å². The molecule has 132 valence electrons. The lowest BCUT2D eigenvalue weighted by molar-refractivity contribution is 0.0123. The molecule has 0 radical (unpaired) electrons. The van der Waals surface area contributed by atoms with Gasteiger partial charge < -0.3 is 20.6 Å². The van der Waals surface area contributed by atoms with E-state index in [1.165, 1.54) is 11.3 Å². The maximum Gasteiger partial charge on any atom is 0.410 e. The third kappa shape index (κ3) is 3.26. The van der Waals surface area contributed by atoms with Crippen LogP contribution in [0.2, 0.25) is 0 Å². The number of amidine groups is 1. The number of ether oxygens (including phenoxy) is 1. The number of amides is 1. The molecule has 3 rings (SSSR count). The van der Waals surface area contributed by atoms with E-state index in [-0.39, 0.29) is 24.0 Å². The van der Waals surface area contributed by atoms with Crippen LogP contribution in [0.3, 0.4) is 0 Å². The Morgan fingerprint density at radius 1 is 1.42 bits per heavy atom. The van der Waals surface area contributed by atoms with Crippen LogP contribution in [-0.2, 0) is 4.74 Å². The van der Waals surface area contributed by atoms with Crippen molar-refractivity contribution < 1.29 is 14.7 Å². The summed E-state index contributed by atoms with van der Waals surface area (Å²) in [6.45, 7) is 7.09. The zero-order valence-corrected chi connectivity index (χ0v) is 14.9. The molecule has 2 fully saturated rings. The topological polar surface area (TPSA) is 104 Å². The summed E-state index contributed by atoms with van der Waals surface area (Å²) in [5.41, 5.74) is 5.12. The highest BCUT2D eigenvalue weighted by atomic mass is 32.1. The monoisotopic (exact) mass is 353 g/mol. The lowest BCUT2D eigenvalue weighted by atomic mass is 10.2. The molecule has 0 aromatic carbocycles. The molecule has 0 spiro atoms. The van der Waals surface area contributed by atoms with Gasteiger partial charge in [0.1, 0.15) is 5.60 Å². The number of oxime groups is 1. The third-order valence-corrected chi connectivity index (χ3v) is 5.29. The smallest absolute Gasteiger partial charge is 0.410 e. The van der Waals surface area contributed by atoms with Crippen molar-refractivity contribution in [3.05, 3.63) is 11.1 Å². The minimum atomic E-state index is -0.487. The summed E-state index contributed by atoms with van der Waals surface area (Å²) in [6.07, 6.45) is 3.32. The molecule has 2 aliphatic rings. The second-order valence-corrected chi connectivity index (χ2v) is 8.18. The molecule has 9 heteroatoms. The number of thiazole rings is 1. The minimum absolute atomic E-state index is 0.0640. The summed E-state index contributed by atoms with van der Waals surface area (Å²) in [5.74, 6) is 0.0640. The summed E-state index contributed by atoms with van der Waals surface area (Å²) in [4.78, 5) is 21.5. The summed E-state index contributed by atoms with van der Waals surface area (Å²) >= 11 is 1.39. The number of rotatable bonds is 2. The van der Waals surface area contributed by atoms with Crippen molar-refractivity contribution in [2.45, 2.75) is 51.3 Å². The highest BCUT2D eigenvalue weighted by molar-refractivity contribution is 7.17. The van der Waals surface area contributed by atoms with Crippen molar-refractivity contribution in [2.24, 2.45) is 10.9 Å². The fourth-order valence-corrected chi connectivity index (χ4v) is 4.08. The van der Waals surface area contributed by atoms with Gasteiger partial charge in [-0.15, -0.1) is 0 Å². The summed E-state index contributed by atoms with van der Waals surface area (Å²) in [6, 6.07) is 0.268. The fourth-order valence-electron chi connectivity index (χ4n) is 3.25. The molecule has 2 saturated heterocycles. The second kappa shape index (κ2) is 6.12. The number of carbonyl (C=O) groups excluding carboxylic acids is 1. The van der Waals surface area contributed by atoms with Crippen LogP contribution in [0.15, 0.2) is 11.4 Å². The quantitative estimate of drug-likeness (QED) is 0.364. The van der Waals surface area contributed by atoms with Crippen molar-refractivity contribution in [1.29, 1.82) is 0 Å². The van der Waals surface area contributed by atoms with Crippen LogP contribution in [0.4, 0.5) is 9.93 Å². The number of piperazine rings is 1. The van der Waals surface area contributed by atoms with E-state index in [0.717, 1.165) is 31.1 Å². The number of aromatic nitrogens is 1. The predicted molar refractivity (Wildman–Crippen MR) is 91.7 cm³/mol. The SMILES string of the molecule is CC(C)(C)OC(=O)N1C2CCC1CN(c1ncc(/C(N)=N/O)s1)C2. The van der Waals surface area contributed by atoms with Gasteiger partial charge in [0.15, 0.2) is 11.0 Å². The Hall–Kier alpha value is -2.03. The Balaban J connectivity index is 1.71. The molecular weight excluding hydrogens is 330 g/mol. The van der Waals surface area contributed by atoms with Crippen LogP contribution in [-0.4, -0.2) is 57.8 Å². The van der Waals surface area contributed by atoms with E-state index in [1.54, 1.807) is 6.20 Å². The van der Waals surface area contributed by atoms with Gasteiger partial charge in [0.2, 0.25) is 0 Å². The molecule has 2 atom stereocenters. The average Bonchev–Trinajstić information content (AvgIpc) is 3.08.